The Kier molecular flexibility index (Phi) is 6.84. The number of alkyl halides is 2. The summed E-state index contributed by atoms with van der Waals surface area (Å²) in [7, 11) is 0. The number of benzene rings is 1. The van der Waals surface area contributed by atoms with Crippen molar-refractivity contribution in [3.8, 4) is 0 Å². The molecule has 2 aliphatic rings. The molecule has 1 aromatic carbocycles. The number of aromatic amines is 1. The monoisotopic (exact) mass is 450 g/mol. The van der Waals surface area contributed by atoms with Crippen LogP contribution >= 0.6 is 23.2 Å². The Morgan fingerprint density at radius 3 is 2.80 bits per heavy atom. The molecule has 6 nitrogen and oxygen atoms in total. The third kappa shape index (κ3) is 4.92. The maximum atomic E-state index is 12.8. The highest BCUT2D eigenvalue weighted by molar-refractivity contribution is 6.30. The molecular formula is C22H28Cl2N4O2. The predicted molar refractivity (Wildman–Crippen MR) is 119 cm³/mol. The van der Waals surface area contributed by atoms with Gasteiger partial charge in [0.2, 0.25) is 11.8 Å². The summed E-state index contributed by atoms with van der Waals surface area (Å²) >= 11 is 12.5. The lowest BCUT2D eigenvalue weighted by Gasteiger charge is -2.30. The second-order valence-corrected chi connectivity index (χ2v) is 9.52. The van der Waals surface area contributed by atoms with Crippen LogP contribution in [0, 0.1) is 5.92 Å². The highest BCUT2D eigenvalue weighted by atomic mass is 35.5. The molecule has 4 rings (SSSR count). The Morgan fingerprint density at radius 1 is 1.17 bits per heavy atom. The van der Waals surface area contributed by atoms with Gasteiger partial charge in [0.1, 0.15) is 11.9 Å². The first-order valence-corrected chi connectivity index (χ1v) is 11.7. The SMILES string of the molecule is O=C(NC[C@@H]1CCC(Cl)C(Cl)C1)[C@@H]1CCCN1C(=O)CCc1nc2ccccc2[nH]1. The van der Waals surface area contributed by atoms with Gasteiger partial charge < -0.3 is 15.2 Å². The van der Waals surface area contributed by atoms with Crippen LogP contribution in [0.25, 0.3) is 11.0 Å². The topological polar surface area (TPSA) is 78.1 Å². The van der Waals surface area contributed by atoms with Crippen LogP contribution in [0.1, 0.15) is 44.3 Å². The molecule has 2 heterocycles. The second kappa shape index (κ2) is 9.56. The van der Waals surface area contributed by atoms with Crippen LogP contribution in [0.2, 0.25) is 0 Å². The minimum absolute atomic E-state index is 0.0107. The summed E-state index contributed by atoms with van der Waals surface area (Å²) in [6, 6.07) is 7.45. The van der Waals surface area contributed by atoms with E-state index in [2.05, 4.69) is 15.3 Å². The third-order valence-electron chi connectivity index (χ3n) is 6.26. The molecule has 2 unspecified atom stereocenters. The van der Waals surface area contributed by atoms with Crippen LogP contribution < -0.4 is 5.32 Å². The second-order valence-electron chi connectivity index (χ2n) is 8.40. The van der Waals surface area contributed by atoms with Crippen LogP contribution in [-0.4, -0.2) is 56.6 Å². The average Bonchev–Trinajstić information content (AvgIpc) is 3.39. The average molecular weight is 451 g/mol. The van der Waals surface area contributed by atoms with E-state index >= 15 is 0 Å². The van der Waals surface area contributed by atoms with Crippen LogP contribution in [0.3, 0.4) is 0 Å². The van der Waals surface area contributed by atoms with Crippen molar-refractivity contribution in [3.63, 3.8) is 0 Å². The van der Waals surface area contributed by atoms with E-state index in [4.69, 9.17) is 23.2 Å². The Balaban J connectivity index is 1.27. The summed E-state index contributed by atoms with van der Waals surface area (Å²) in [5.74, 6) is 1.11. The van der Waals surface area contributed by atoms with Crippen molar-refractivity contribution >= 4 is 46.0 Å². The fraction of sp³-hybridized carbons (Fsp3) is 0.591. The van der Waals surface area contributed by atoms with E-state index in [0.717, 1.165) is 49.0 Å². The molecule has 2 fully saturated rings. The Bertz CT molecular complexity index is 869. The molecule has 4 atom stereocenters. The Labute approximate surface area is 186 Å². The normalized spacial score (nSPS) is 26.8. The van der Waals surface area contributed by atoms with E-state index in [1.54, 1.807) is 4.90 Å². The molecule has 2 amide bonds. The van der Waals surface area contributed by atoms with Gasteiger partial charge in [0.05, 0.1) is 16.4 Å². The lowest BCUT2D eigenvalue weighted by Crippen LogP contribution is -2.47. The number of carbonyl (C=O) groups excluding carboxylic acids is 2. The molecule has 2 aromatic rings. The number of aryl methyl sites for hydroxylation is 1. The van der Waals surface area contributed by atoms with Crippen molar-refractivity contribution in [1.82, 2.24) is 20.2 Å². The van der Waals surface area contributed by atoms with Gasteiger partial charge in [-0.15, -0.1) is 23.2 Å². The fourth-order valence-electron chi connectivity index (χ4n) is 4.54. The lowest BCUT2D eigenvalue weighted by atomic mass is 9.88. The number of halogens is 2. The van der Waals surface area contributed by atoms with Gasteiger partial charge in [-0.25, -0.2) is 4.98 Å². The number of amides is 2. The number of nitrogens with one attached hydrogen (secondary N) is 2. The summed E-state index contributed by atoms with van der Waals surface area (Å²) in [5, 5.41) is 3.04. The molecule has 30 heavy (non-hydrogen) atoms. The van der Waals surface area contributed by atoms with Crippen molar-refractivity contribution in [1.29, 1.82) is 0 Å². The first-order valence-electron chi connectivity index (χ1n) is 10.8. The van der Waals surface area contributed by atoms with Crippen LogP contribution in [0.15, 0.2) is 24.3 Å². The van der Waals surface area contributed by atoms with E-state index in [1.807, 2.05) is 24.3 Å². The first-order chi connectivity index (χ1) is 14.5. The number of imidazole rings is 1. The summed E-state index contributed by atoms with van der Waals surface area (Å²) < 4.78 is 0. The van der Waals surface area contributed by atoms with Crippen molar-refractivity contribution in [2.75, 3.05) is 13.1 Å². The minimum Gasteiger partial charge on any atom is -0.354 e. The summed E-state index contributed by atoms with van der Waals surface area (Å²) in [6.07, 6.45) is 5.13. The van der Waals surface area contributed by atoms with Gasteiger partial charge in [-0.3, -0.25) is 9.59 Å². The predicted octanol–water partition coefficient (Wildman–Crippen LogP) is 3.62. The van der Waals surface area contributed by atoms with Crippen molar-refractivity contribution in [2.24, 2.45) is 5.92 Å². The Hall–Kier alpha value is -1.79. The number of rotatable bonds is 6. The van der Waals surface area contributed by atoms with Gasteiger partial charge in [0.25, 0.3) is 0 Å². The van der Waals surface area contributed by atoms with E-state index in [9.17, 15) is 9.59 Å². The molecule has 8 heteroatoms. The van der Waals surface area contributed by atoms with Crippen molar-refractivity contribution < 1.29 is 9.59 Å². The third-order valence-corrected chi connectivity index (χ3v) is 7.39. The zero-order valence-electron chi connectivity index (χ0n) is 16.9. The Morgan fingerprint density at radius 2 is 2.00 bits per heavy atom. The van der Waals surface area contributed by atoms with Gasteiger partial charge >= 0.3 is 0 Å². The molecule has 2 N–H and O–H groups in total. The summed E-state index contributed by atoms with van der Waals surface area (Å²) in [4.78, 5) is 35.1. The highest BCUT2D eigenvalue weighted by Crippen LogP contribution is 2.31. The van der Waals surface area contributed by atoms with Gasteiger partial charge in [-0.2, -0.15) is 0 Å². The number of fused-ring (bicyclic) bond motifs is 1. The molecule has 1 saturated carbocycles. The summed E-state index contributed by atoms with van der Waals surface area (Å²) in [5.41, 5.74) is 1.88. The maximum absolute atomic E-state index is 12.8. The number of H-pyrrole nitrogens is 1. The standard InChI is InChI=1S/C22H28Cl2N4O2/c23-15-8-7-14(12-16(15)24)13-25-22(30)19-6-3-11-28(19)21(29)10-9-20-26-17-4-1-2-5-18(17)27-20/h1-2,4-5,14-16,19H,3,6-13H2,(H,25,30)(H,26,27)/t14-,15?,16?,19+/m1/s1. The zero-order valence-corrected chi connectivity index (χ0v) is 18.5. The molecule has 1 aliphatic heterocycles. The fourth-order valence-corrected chi connectivity index (χ4v) is 5.15. The highest BCUT2D eigenvalue weighted by Gasteiger charge is 2.34. The molecule has 0 radical (unpaired) electrons. The largest absolute Gasteiger partial charge is 0.354 e. The molecule has 0 bridgehead atoms. The number of para-hydroxylation sites is 2. The molecule has 0 spiro atoms. The van der Waals surface area contributed by atoms with Crippen molar-refractivity contribution in [3.05, 3.63) is 30.1 Å². The lowest BCUT2D eigenvalue weighted by molar-refractivity contribution is -0.138. The van der Waals surface area contributed by atoms with Gasteiger partial charge in [-0.05, 0) is 50.2 Å². The quantitative estimate of drug-likeness (QED) is 0.659. The minimum atomic E-state index is -0.371. The van der Waals surface area contributed by atoms with Crippen molar-refractivity contribution in [2.45, 2.75) is 61.7 Å². The van der Waals surface area contributed by atoms with Crippen LogP contribution in [0.4, 0.5) is 0 Å². The van der Waals surface area contributed by atoms with Crippen LogP contribution in [0.5, 0.6) is 0 Å². The van der Waals surface area contributed by atoms with Crippen LogP contribution in [-0.2, 0) is 16.0 Å². The van der Waals surface area contributed by atoms with E-state index in [1.165, 1.54) is 0 Å². The molecule has 1 aromatic heterocycles. The van der Waals surface area contributed by atoms with Gasteiger partial charge in [-0.1, -0.05) is 12.1 Å². The first kappa shape index (κ1) is 21.4. The number of hydrogen-bond acceptors (Lipinski definition) is 3. The van der Waals surface area contributed by atoms with E-state index < -0.39 is 0 Å². The smallest absolute Gasteiger partial charge is 0.242 e. The van der Waals surface area contributed by atoms with E-state index in [-0.39, 0.29) is 28.6 Å². The maximum Gasteiger partial charge on any atom is 0.242 e. The molecule has 1 saturated heterocycles. The summed E-state index contributed by atoms with van der Waals surface area (Å²) in [6.45, 7) is 1.24. The number of likely N-dealkylation sites (tertiary alicyclic amines) is 1. The molecule has 162 valence electrons. The zero-order chi connectivity index (χ0) is 21.1. The molecular weight excluding hydrogens is 423 g/mol. The molecule has 1 aliphatic carbocycles. The number of hydrogen-bond donors (Lipinski definition) is 2. The number of aromatic nitrogens is 2. The van der Waals surface area contributed by atoms with Gasteiger partial charge in [0, 0.05) is 31.3 Å². The number of carbonyl (C=O) groups is 2. The number of nitrogens with zero attached hydrogens (tertiary/aromatic N) is 2. The van der Waals surface area contributed by atoms with E-state index in [0.29, 0.717) is 31.8 Å². The van der Waals surface area contributed by atoms with Gasteiger partial charge in [0.15, 0.2) is 0 Å².